The molecule has 0 aliphatic heterocycles. The molecule has 0 spiro atoms. The maximum atomic E-state index is 11.9. The summed E-state index contributed by atoms with van der Waals surface area (Å²) in [5.41, 5.74) is 2.22. The van der Waals surface area contributed by atoms with E-state index in [1.54, 1.807) is 25.6 Å². The van der Waals surface area contributed by atoms with Crippen LogP contribution in [0.4, 0.5) is 0 Å². The summed E-state index contributed by atoms with van der Waals surface area (Å²) in [7, 11) is 3.30. The fraction of sp³-hybridized carbons (Fsp3) is 0.353. The Labute approximate surface area is 135 Å². The number of thiophene rings is 1. The average molecular weight is 319 g/mol. The summed E-state index contributed by atoms with van der Waals surface area (Å²) in [5.74, 6) is 0.861. The van der Waals surface area contributed by atoms with E-state index in [1.807, 2.05) is 41.1 Å². The Morgan fingerprint density at radius 2 is 2.00 bits per heavy atom. The van der Waals surface area contributed by atoms with Gasteiger partial charge in [0.15, 0.2) is 0 Å². The molecule has 0 unspecified atom stereocenters. The summed E-state index contributed by atoms with van der Waals surface area (Å²) in [6, 6.07) is 9.79. The molecule has 0 aliphatic carbocycles. The van der Waals surface area contributed by atoms with Crippen LogP contribution in [-0.4, -0.2) is 26.7 Å². The summed E-state index contributed by atoms with van der Waals surface area (Å²) in [4.78, 5) is 11.9. The lowest BCUT2D eigenvalue weighted by atomic mass is 10.1. The van der Waals surface area contributed by atoms with Crippen molar-refractivity contribution in [3.8, 4) is 5.75 Å². The zero-order chi connectivity index (χ0) is 15.8. The molecular formula is C17H21NO3S. The van der Waals surface area contributed by atoms with Crippen LogP contribution in [0.5, 0.6) is 5.75 Å². The molecule has 5 heteroatoms. The molecule has 1 N–H and O–H groups in total. The third-order valence-electron chi connectivity index (χ3n) is 3.48. The fourth-order valence-electron chi connectivity index (χ4n) is 2.14. The van der Waals surface area contributed by atoms with Crippen molar-refractivity contribution in [2.45, 2.75) is 18.9 Å². The Morgan fingerprint density at radius 3 is 2.59 bits per heavy atom. The van der Waals surface area contributed by atoms with Crippen LogP contribution >= 0.6 is 11.3 Å². The van der Waals surface area contributed by atoms with Crippen LogP contribution in [0.25, 0.3) is 0 Å². The van der Waals surface area contributed by atoms with Gasteiger partial charge in [-0.15, -0.1) is 0 Å². The van der Waals surface area contributed by atoms with Gasteiger partial charge in [-0.25, -0.2) is 0 Å². The van der Waals surface area contributed by atoms with Gasteiger partial charge in [0.05, 0.1) is 7.11 Å². The molecular weight excluding hydrogens is 298 g/mol. The van der Waals surface area contributed by atoms with Gasteiger partial charge in [-0.1, -0.05) is 12.1 Å². The molecule has 118 valence electrons. The van der Waals surface area contributed by atoms with Gasteiger partial charge >= 0.3 is 0 Å². The molecule has 1 amide bonds. The molecule has 2 aromatic rings. The number of ether oxygens (including phenoxy) is 2. The summed E-state index contributed by atoms with van der Waals surface area (Å²) in [6.07, 6.45) is 1.09. The first-order valence-electron chi connectivity index (χ1n) is 7.17. The number of aryl methyl sites for hydroxylation is 1. The third-order valence-corrected chi connectivity index (χ3v) is 4.19. The molecule has 0 saturated heterocycles. The lowest BCUT2D eigenvalue weighted by Crippen LogP contribution is -2.29. The van der Waals surface area contributed by atoms with Crippen LogP contribution in [-0.2, 0) is 16.0 Å². The van der Waals surface area contributed by atoms with Gasteiger partial charge in [0.1, 0.15) is 11.9 Å². The van der Waals surface area contributed by atoms with Crippen LogP contribution < -0.4 is 10.1 Å². The Hall–Kier alpha value is -1.85. The standard InChI is InChI=1S/C17H21NO3S/c1-20-15-6-3-13(4-7-15)5-8-17(19)18-11-16(21-2)14-9-10-22-12-14/h3-4,6-7,9-10,12,16H,5,8,11H2,1-2H3,(H,18,19)/t16-/m1/s1. The molecule has 22 heavy (non-hydrogen) atoms. The highest BCUT2D eigenvalue weighted by Crippen LogP contribution is 2.18. The van der Waals surface area contributed by atoms with Gasteiger partial charge in [-0.3, -0.25) is 4.79 Å². The van der Waals surface area contributed by atoms with Crippen molar-refractivity contribution < 1.29 is 14.3 Å². The number of carbonyl (C=O) groups excluding carboxylic acids is 1. The normalized spacial score (nSPS) is 11.9. The van der Waals surface area contributed by atoms with Crippen LogP contribution in [0.3, 0.4) is 0 Å². The van der Waals surface area contributed by atoms with Crippen LogP contribution in [0, 0.1) is 0 Å². The van der Waals surface area contributed by atoms with Gasteiger partial charge in [-0.2, -0.15) is 11.3 Å². The molecule has 0 bridgehead atoms. The predicted octanol–water partition coefficient (Wildman–Crippen LogP) is 3.19. The quantitative estimate of drug-likeness (QED) is 0.813. The Balaban J connectivity index is 1.75. The highest BCUT2D eigenvalue weighted by molar-refractivity contribution is 7.07. The first-order chi connectivity index (χ1) is 10.7. The number of methoxy groups -OCH3 is 2. The first-order valence-corrected chi connectivity index (χ1v) is 8.11. The van der Waals surface area contributed by atoms with E-state index in [4.69, 9.17) is 9.47 Å². The second kappa shape index (κ2) is 8.56. The topological polar surface area (TPSA) is 47.6 Å². The van der Waals surface area contributed by atoms with Gasteiger partial charge in [0.2, 0.25) is 5.91 Å². The van der Waals surface area contributed by atoms with Gasteiger partial charge in [-0.05, 0) is 46.5 Å². The predicted molar refractivity (Wildman–Crippen MR) is 88.4 cm³/mol. The van der Waals surface area contributed by atoms with E-state index >= 15 is 0 Å². The van der Waals surface area contributed by atoms with Gasteiger partial charge in [0, 0.05) is 20.1 Å². The van der Waals surface area contributed by atoms with Crippen LogP contribution in [0.15, 0.2) is 41.1 Å². The second-order valence-corrected chi connectivity index (χ2v) is 5.71. The molecule has 1 heterocycles. The molecule has 0 radical (unpaired) electrons. The molecule has 0 fully saturated rings. The van der Waals surface area contributed by atoms with Crippen molar-refractivity contribution in [1.29, 1.82) is 0 Å². The minimum Gasteiger partial charge on any atom is -0.497 e. The third kappa shape index (κ3) is 4.86. The smallest absolute Gasteiger partial charge is 0.220 e. The summed E-state index contributed by atoms with van der Waals surface area (Å²) in [6.45, 7) is 0.495. The van der Waals surface area contributed by atoms with Gasteiger partial charge in [0.25, 0.3) is 0 Å². The van der Waals surface area contributed by atoms with Crippen molar-refractivity contribution in [1.82, 2.24) is 5.32 Å². The lowest BCUT2D eigenvalue weighted by molar-refractivity contribution is -0.121. The zero-order valence-corrected chi connectivity index (χ0v) is 13.7. The second-order valence-electron chi connectivity index (χ2n) is 4.93. The minimum atomic E-state index is -0.0869. The van der Waals surface area contributed by atoms with Crippen molar-refractivity contribution in [3.63, 3.8) is 0 Å². The molecule has 1 aromatic heterocycles. The average Bonchev–Trinajstić information content (AvgIpc) is 3.08. The van der Waals surface area contributed by atoms with E-state index in [-0.39, 0.29) is 12.0 Å². The monoisotopic (exact) mass is 319 g/mol. The van der Waals surface area contributed by atoms with Crippen LogP contribution in [0.2, 0.25) is 0 Å². The Kier molecular flexibility index (Phi) is 6.43. The van der Waals surface area contributed by atoms with Crippen LogP contribution in [0.1, 0.15) is 23.7 Å². The summed E-state index contributed by atoms with van der Waals surface area (Å²) < 4.78 is 10.5. The molecule has 2 rings (SSSR count). The van der Waals surface area contributed by atoms with E-state index < -0.39 is 0 Å². The lowest BCUT2D eigenvalue weighted by Gasteiger charge is -2.15. The van der Waals surface area contributed by atoms with E-state index in [1.165, 1.54) is 0 Å². The summed E-state index contributed by atoms with van der Waals surface area (Å²) in [5, 5.41) is 6.98. The number of benzene rings is 1. The Bertz CT molecular complexity index is 566. The van der Waals surface area contributed by atoms with Crippen molar-refractivity contribution in [2.24, 2.45) is 0 Å². The van der Waals surface area contributed by atoms with E-state index in [0.717, 1.165) is 16.9 Å². The number of amides is 1. The van der Waals surface area contributed by atoms with Crippen molar-refractivity contribution in [3.05, 3.63) is 52.2 Å². The molecule has 1 atom stereocenters. The fourth-order valence-corrected chi connectivity index (χ4v) is 2.84. The van der Waals surface area contributed by atoms with E-state index in [9.17, 15) is 4.79 Å². The number of hydrogen-bond acceptors (Lipinski definition) is 4. The number of carbonyl (C=O) groups is 1. The molecule has 0 saturated carbocycles. The highest BCUT2D eigenvalue weighted by Gasteiger charge is 2.12. The van der Waals surface area contributed by atoms with Gasteiger partial charge < -0.3 is 14.8 Å². The minimum absolute atomic E-state index is 0.0353. The zero-order valence-electron chi connectivity index (χ0n) is 12.9. The molecule has 4 nitrogen and oxygen atoms in total. The maximum Gasteiger partial charge on any atom is 0.220 e. The van der Waals surface area contributed by atoms with E-state index in [2.05, 4.69) is 5.32 Å². The molecule has 1 aromatic carbocycles. The number of rotatable bonds is 8. The first kappa shape index (κ1) is 16.5. The largest absolute Gasteiger partial charge is 0.497 e. The molecule has 0 aliphatic rings. The number of hydrogen-bond donors (Lipinski definition) is 1. The van der Waals surface area contributed by atoms with E-state index in [0.29, 0.717) is 19.4 Å². The van der Waals surface area contributed by atoms with Crippen molar-refractivity contribution in [2.75, 3.05) is 20.8 Å². The maximum absolute atomic E-state index is 11.9. The Morgan fingerprint density at radius 1 is 1.23 bits per heavy atom. The summed E-state index contributed by atoms with van der Waals surface area (Å²) >= 11 is 1.63. The number of nitrogens with one attached hydrogen (secondary N) is 1. The van der Waals surface area contributed by atoms with Crippen molar-refractivity contribution >= 4 is 17.2 Å². The highest BCUT2D eigenvalue weighted by atomic mass is 32.1. The SMILES string of the molecule is COc1ccc(CCC(=O)NC[C@@H](OC)c2ccsc2)cc1.